The van der Waals surface area contributed by atoms with Crippen LogP contribution in [0.25, 0.3) is 0 Å². The molecule has 0 saturated carbocycles. The molecular formula is C9H22NO2P. The maximum absolute atomic E-state index is 8.74. The van der Waals surface area contributed by atoms with Gasteiger partial charge >= 0.3 is 0 Å². The molecule has 0 aliphatic carbocycles. The molecule has 0 aliphatic rings. The molecule has 0 spiro atoms. The summed E-state index contributed by atoms with van der Waals surface area (Å²) in [6.07, 6.45) is 4.81. The van der Waals surface area contributed by atoms with Gasteiger partial charge in [0.1, 0.15) is 0 Å². The van der Waals surface area contributed by atoms with Gasteiger partial charge in [-0.25, -0.2) is 0 Å². The van der Waals surface area contributed by atoms with Crippen LogP contribution in [0.3, 0.4) is 0 Å². The van der Waals surface area contributed by atoms with Crippen LogP contribution in [-0.4, -0.2) is 54.1 Å². The summed E-state index contributed by atoms with van der Waals surface area (Å²) in [6, 6.07) is 0. The molecule has 0 heterocycles. The lowest BCUT2D eigenvalue weighted by atomic mass is 10.2. The Labute approximate surface area is 83.3 Å². The average Bonchev–Trinajstić information content (AvgIpc) is 2.13. The van der Waals surface area contributed by atoms with Crippen LogP contribution in [0, 0.1) is 0 Å². The molecule has 80 valence electrons. The smallest absolute Gasteiger partial charge is 0.0558 e. The molecule has 2 N–H and O–H groups in total. The summed E-state index contributed by atoms with van der Waals surface area (Å²) in [4.78, 5) is 2.10. The van der Waals surface area contributed by atoms with Gasteiger partial charge < -0.3 is 10.2 Å². The van der Waals surface area contributed by atoms with E-state index in [0.29, 0.717) is 13.1 Å². The fraction of sp³-hybridized carbons (Fsp3) is 1.00. The van der Waals surface area contributed by atoms with Crippen molar-refractivity contribution < 1.29 is 10.2 Å². The molecule has 0 saturated heterocycles. The fourth-order valence-electron chi connectivity index (χ4n) is 1.27. The Morgan fingerprint density at radius 1 is 0.846 bits per heavy atom. The van der Waals surface area contributed by atoms with Gasteiger partial charge in [0.2, 0.25) is 0 Å². The van der Waals surface area contributed by atoms with Crippen LogP contribution in [-0.2, 0) is 0 Å². The van der Waals surface area contributed by atoms with Crippen LogP contribution in [0.1, 0.15) is 19.3 Å². The lowest BCUT2D eigenvalue weighted by Gasteiger charge is -2.19. The zero-order chi connectivity index (χ0) is 9.94. The highest BCUT2D eigenvalue weighted by atomic mass is 31.0. The zero-order valence-corrected chi connectivity index (χ0v) is 9.44. The largest absolute Gasteiger partial charge is 0.395 e. The second-order valence-electron chi connectivity index (χ2n) is 3.14. The van der Waals surface area contributed by atoms with Crippen molar-refractivity contribution in [3.05, 3.63) is 0 Å². The summed E-state index contributed by atoms with van der Waals surface area (Å²) < 4.78 is 0. The van der Waals surface area contributed by atoms with E-state index in [0.717, 1.165) is 13.0 Å². The molecule has 0 fully saturated rings. The van der Waals surface area contributed by atoms with Crippen LogP contribution >= 0.6 is 9.24 Å². The number of nitrogens with zero attached hydrogens (tertiary/aromatic N) is 1. The SMILES string of the molecule is OCCN(CCO)CCCCCP. The first kappa shape index (κ1) is 13.3. The Morgan fingerprint density at radius 3 is 1.92 bits per heavy atom. The van der Waals surface area contributed by atoms with Crippen molar-refractivity contribution in [2.75, 3.05) is 39.0 Å². The third-order valence-corrected chi connectivity index (χ3v) is 2.42. The highest BCUT2D eigenvalue weighted by molar-refractivity contribution is 7.16. The molecule has 0 aromatic heterocycles. The van der Waals surface area contributed by atoms with Gasteiger partial charge in [-0.05, 0) is 25.5 Å². The highest BCUT2D eigenvalue weighted by Gasteiger charge is 2.01. The standard InChI is InChI=1S/C9H22NO2P/c11-7-5-10(6-8-12)4-2-1-3-9-13/h11-12H,1-9,13H2. The molecule has 4 heteroatoms. The van der Waals surface area contributed by atoms with Crippen LogP contribution < -0.4 is 0 Å². The molecule has 0 rings (SSSR count). The first-order valence-electron chi connectivity index (χ1n) is 4.99. The number of unbranched alkanes of at least 4 members (excludes halogenated alkanes) is 2. The van der Waals surface area contributed by atoms with Crippen molar-refractivity contribution in [1.82, 2.24) is 4.90 Å². The number of hydrogen-bond acceptors (Lipinski definition) is 3. The van der Waals surface area contributed by atoms with E-state index in [4.69, 9.17) is 10.2 Å². The number of rotatable bonds is 9. The minimum Gasteiger partial charge on any atom is -0.395 e. The molecule has 0 radical (unpaired) electrons. The lowest BCUT2D eigenvalue weighted by molar-refractivity contribution is 0.159. The minimum absolute atomic E-state index is 0.184. The van der Waals surface area contributed by atoms with E-state index < -0.39 is 0 Å². The third-order valence-electron chi connectivity index (χ3n) is 2.01. The first-order chi connectivity index (χ1) is 6.35. The second kappa shape index (κ2) is 10.4. The fourth-order valence-corrected chi connectivity index (χ4v) is 1.56. The van der Waals surface area contributed by atoms with E-state index in [1.54, 1.807) is 0 Å². The predicted molar refractivity (Wildman–Crippen MR) is 59.0 cm³/mol. The van der Waals surface area contributed by atoms with E-state index in [-0.39, 0.29) is 13.2 Å². The summed E-state index contributed by atoms with van der Waals surface area (Å²) in [5, 5.41) is 17.5. The molecule has 0 aromatic rings. The maximum Gasteiger partial charge on any atom is 0.0558 e. The Bertz CT molecular complexity index is 97.6. The molecule has 3 nitrogen and oxygen atoms in total. The monoisotopic (exact) mass is 207 g/mol. The lowest BCUT2D eigenvalue weighted by Crippen LogP contribution is -2.30. The van der Waals surface area contributed by atoms with Gasteiger partial charge in [-0.2, -0.15) is 0 Å². The molecule has 0 bridgehead atoms. The second-order valence-corrected chi connectivity index (χ2v) is 3.72. The molecule has 1 unspecified atom stereocenters. The number of aliphatic hydroxyl groups is 2. The first-order valence-corrected chi connectivity index (χ1v) is 5.81. The Hall–Kier alpha value is 0.310. The predicted octanol–water partition coefficient (Wildman–Crippen LogP) is 0.318. The molecule has 1 atom stereocenters. The van der Waals surface area contributed by atoms with E-state index in [9.17, 15) is 0 Å². The summed E-state index contributed by atoms with van der Waals surface area (Å²) in [6.45, 7) is 2.72. The third kappa shape index (κ3) is 8.63. The normalized spacial score (nSPS) is 11.1. The van der Waals surface area contributed by atoms with Crippen LogP contribution in [0.4, 0.5) is 0 Å². The van der Waals surface area contributed by atoms with Gasteiger partial charge in [0, 0.05) is 13.1 Å². The van der Waals surface area contributed by atoms with Crippen LogP contribution in [0.15, 0.2) is 0 Å². The van der Waals surface area contributed by atoms with Crippen molar-refractivity contribution in [1.29, 1.82) is 0 Å². The Morgan fingerprint density at radius 2 is 1.46 bits per heavy atom. The zero-order valence-electron chi connectivity index (χ0n) is 8.28. The van der Waals surface area contributed by atoms with Gasteiger partial charge in [0.05, 0.1) is 13.2 Å². The van der Waals surface area contributed by atoms with Crippen molar-refractivity contribution in [3.63, 3.8) is 0 Å². The maximum atomic E-state index is 8.74. The highest BCUT2D eigenvalue weighted by Crippen LogP contribution is 2.00. The molecular weight excluding hydrogens is 185 g/mol. The summed E-state index contributed by atoms with van der Waals surface area (Å²) in [5.41, 5.74) is 0. The quantitative estimate of drug-likeness (QED) is 0.422. The van der Waals surface area contributed by atoms with Crippen molar-refractivity contribution >= 4 is 9.24 Å². The number of aliphatic hydroxyl groups excluding tert-OH is 2. The molecule has 13 heavy (non-hydrogen) atoms. The molecule has 0 aromatic carbocycles. The summed E-state index contributed by atoms with van der Waals surface area (Å²) in [5.74, 6) is 0. The Kier molecular flexibility index (Phi) is 10.6. The Balaban J connectivity index is 3.33. The molecule has 0 amide bonds. The summed E-state index contributed by atoms with van der Waals surface area (Å²) >= 11 is 0. The van der Waals surface area contributed by atoms with Crippen LogP contribution in [0.2, 0.25) is 0 Å². The van der Waals surface area contributed by atoms with Gasteiger partial charge in [-0.15, -0.1) is 9.24 Å². The number of hydrogen-bond donors (Lipinski definition) is 2. The van der Waals surface area contributed by atoms with Gasteiger partial charge in [-0.3, -0.25) is 4.90 Å². The average molecular weight is 207 g/mol. The topological polar surface area (TPSA) is 43.7 Å². The van der Waals surface area contributed by atoms with E-state index >= 15 is 0 Å². The van der Waals surface area contributed by atoms with Crippen LogP contribution in [0.5, 0.6) is 0 Å². The molecule has 0 aliphatic heterocycles. The van der Waals surface area contributed by atoms with Crippen molar-refractivity contribution in [3.8, 4) is 0 Å². The van der Waals surface area contributed by atoms with Gasteiger partial charge in [-0.1, -0.05) is 6.42 Å². The van der Waals surface area contributed by atoms with Gasteiger partial charge in [0.25, 0.3) is 0 Å². The van der Waals surface area contributed by atoms with E-state index in [2.05, 4.69) is 14.1 Å². The van der Waals surface area contributed by atoms with Crippen molar-refractivity contribution in [2.45, 2.75) is 19.3 Å². The van der Waals surface area contributed by atoms with Gasteiger partial charge in [0.15, 0.2) is 0 Å². The minimum atomic E-state index is 0.184. The summed E-state index contributed by atoms with van der Waals surface area (Å²) in [7, 11) is 2.72. The van der Waals surface area contributed by atoms with E-state index in [1.165, 1.54) is 19.0 Å². The van der Waals surface area contributed by atoms with E-state index in [1.807, 2.05) is 0 Å². The van der Waals surface area contributed by atoms with Crippen molar-refractivity contribution in [2.24, 2.45) is 0 Å².